The van der Waals surface area contributed by atoms with E-state index in [-0.39, 0.29) is 18.4 Å². The van der Waals surface area contributed by atoms with E-state index in [2.05, 4.69) is 5.32 Å². The van der Waals surface area contributed by atoms with Crippen molar-refractivity contribution in [3.05, 3.63) is 71.8 Å². The Bertz CT molecular complexity index is 585. The monoisotopic (exact) mass is 296 g/mol. The molecule has 114 valence electrons. The number of likely N-dealkylation sites (N-methyl/N-ethyl adjacent to an activating group) is 1. The molecule has 2 rings (SSSR count). The van der Waals surface area contributed by atoms with Crippen LogP contribution in [0.3, 0.4) is 0 Å². The summed E-state index contributed by atoms with van der Waals surface area (Å²) in [5, 5.41) is 2.73. The first kappa shape index (κ1) is 15.8. The van der Waals surface area contributed by atoms with Crippen molar-refractivity contribution in [2.24, 2.45) is 0 Å². The number of amides is 2. The van der Waals surface area contributed by atoms with Gasteiger partial charge in [0.1, 0.15) is 0 Å². The molecule has 0 atom stereocenters. The smallest absolute Gasteiger partial charge is 0.241 e. The second-order valence-corrected chi connectivity index (χ2v) is 5.26. The van der Waals surface area contributed by atoms with Crippen molar-refractivity contribution in [2.45, 2.75) is 5.92 Å². The Labute approximate surface area is 130 Å². The highest BCUT2D eigenvalue weighted by Crippen LogP contribution is 2.24. The Morgan fingerprint density at radius 2 is 1.36 bits per heavy atom. The van der Waals surface area contributed by atoms with E-state index < -0.39 is 5.92 Å². The minimum atomic E-state index is -0.419. The van der Waals surface area contributed by atoms with E-state index in [4.69, 9.17) is 0 Å². The van der Waals surface area contributed by atoms with Crippen molar-refractivity contribution in [3.8, 4) is 0 Å². The molecule has 0 aliphatic heterocycles. The van der Waals surface area contributed by atoms with Gasteiger partial charge in [-0.2, -0.15) is 0 Å². The fraction of sp³-hybridized carbons (Fsp3) is 0.222. The Balaban J connectivity index is 2.22. The van der Waals surface area contributed by atoms with Crippen LogP contribution in [-0.2, 0) is 9.59 Å². The molecule has 1 N–H and O–H groups in total. The average molecular weight is 296 g/mol. The van der Waals surface area contributed by atoms with E-state index in [1.165, 1.54) is 4.90 Å². The molecule has 0 spiro atoms. The van der Waals surface area contributed by atoms with Gasteiger partial charge in [0.25, 0.3) is 0 Å². The highest BCUT2D eigenvalue weighted by Gasteiger charge is 2.22. The zero-order valence-electron chi connectivity index (χ0n) is 12.8. The van der Waals surface area contributed by atoms with E-state index in [0.29, 0.717) is 0 Å². The molecule has 0 unspecified atom stereocenters. The first-order valence-electron chi connectivity index (χ1n) is 7.17. The van der Waals surface area contributed by atoms with Gasteiger partial charge in [-0.15, -0.1) is 0 Å². The second kappa shape index (κ2) is 7.41. The Hall–Kier alpha value is -2.62. The molecule has 0 heterocycles. The van der Waals surface area contributed by atoms with Crippen LogP contribution in [0.15, 0.2) is 60.7 Å². The second-order valence-electron chi connectivity index (χ2n) is 5.26. The highest BCUT2D eigenvalue weighted by molar-refractivity contribution is 5.90. The Morgan fingerprint density at radius 1 is 0.909 bits per heavy atom. The van der Waals surface area contributed by atoms with Gasteiger partial charge in [-0.05, 0) is 11.1 Å². The van der Waals surface area contributed by atoms with Gasteiger partial charge in [0, 0.05) is 14.1 Å². The molecule has 0 fully saturated rings. The summed E-state index contributed by atoms with van der Waals surface area (Å²) in [5.41, 5.74) is 1.81. The molecule has 0 aliphatic rings. The summed E-state index contributed by atoms with van der Waals surface area (Å²) in [4.78, 5) is 25.7. The molecule has 2 aromatic carbocycles. The lowest BCUT2D eigenvalue weighted by molar-refractivity contribution is -0.131. The third-order valence-corrected chi connectivity index (χ3v) is 3.44. The molecule has 0 saturated carbocycles. The number of carbonyl (C=O) groups is 2. The van der Waals surface area contributed by atoms with E-state index in [1.54, 1.807) is 14.1 Å². The largest absolute Gasteiger partial charge is 0.347 e. The van der Waals surface area contributed by atoms with Crippen LogP contribution in [0.2, 0.25) is 0 Å². The minimum absolute atomic E-state index is 0.00198. The van der Waals surface area contributed by atoms with E-state index in [0.717, 1.165) is 11.1 Å². The number of rotatable bonds is 5. The van der Waals surface area contributed by atoms with Crippen molar-refractivity contribution in [2.75, 3.05) is 20.6 Å². The van der Waals surface area contributed by atoms with Gasteiger partial charge < -0.3 is 10.2 Å². The quantitative estimate of drug-likeness (QED) is 0.917. The van der Waals surface area contributed by atoms with E-state index >= 15 is 0 Å². The van der Waals surface area contributed by atoms with Crippen LogP contribution >= 0.6 is 0 Å². The van der Waals surface area contributed by atoms with Crippen molar-refractivity contribution >= 4 is 11.8 Å². The van der Waals surface area contributed by atoms with Gasteiger partial charge in [0.2, 0.25) is 11.8 Å². The predicted molar refractivity (Wildman–Crippen MR) is 86.4 cm³/mol. The van der Waals surface area contributed by atoms with Gasteiger partial charge in [-0.25, -0.2) is 0 Å². The minimum Gasteiger partial charge on any atom is -0.347 e. The third-order valence-electron chi connectivity index (χ3n) is 3.44. The SMILES string of the molecule is CN(C)C(=O)CNC(=O)C(c1ccccc1)c1ccccc1. The summed E-state index contributed by atoms with van der Waals surface area (Å²) >= 11 is 0. The zero-order valence-corrected chi connectivity index (χ0v) is 12.8. The van der Waals surface area contributed by atoms with E-state index in [9.17, 15) is 9.59 Å². The Morgan fingerprint density at radius 3 is 1.77 bits per heavy atom. The molecular formula is C18H20N2O2. The summed E-state index contributed by atoms with van der Waals surface area (Å²) in [6.45, 7) is 0.00198. The Kier molecular flexibility index (Phi) is 5.31. The third kappa shape index (κ3) is 3.95. The molecule has 2 aromatic rings. The van der Waals surface area contributed by atoms with Crippen LogP contribution in [0.4, 0.5) is 0 Å². The molecular weight excluding hydrogens is 276 g/mol. The number of carbonyl (C=O) groups excluding carboxylic acids is 2. The molecule has 2 amide bonds. The molecule has 4 heteroatoms. The maximum absolute atomic E-state index is 12.6. The summed E-state index contributed by atoms with van der Waals surface area (Å²) < 4.78 is 0. The van der Waals surface area contributed by atoms with Crippen molar-refractivity contribution < 1.29 is 9.59 Å². The number of nitrogens with one attached hydrogen (secondary N) is 1. The topological polar surface area (TPSA) is 49.4 Å². The van der Waals surface area contributed by atoms with Crippen LogP contribution in [-0.4, -0.2) is 37.4 Å². The number of hydrogen-bond donors (Lipinski definition) is 1. The fourth-order valence-corrected chi connectivity index (χ4v) is 2.21. The lowest BCUT2D eigenvalue weighted by Gasteiger charge is -2.18. The number of nitrogens with zero attached hydrogens (tertiary/aromatic N) is 1. The van der Waals surface area contributed by atoms with Gasteiger partial charge in [-0.3, -0.25) is 9.59 Å². The van der Waals surface area contributed by atoms with Gasteiger partial charge in [0.05, 0.1) is 12.5 Å². The van der Waals surface area contributed by atoms with Gasteiger partial charge in [0.15, 0.2) is 0 Å². The molecule has 4 nitrogen and oxygen atoms in total. The van der Waals surface area contributed by atoms with Crippen LogP contribution in [0, 0.1) is 0 Å². The summed E-state index contributed by atoms with van der Waals surface area (Å²) in [7, 11) is 3.33. The molecule has 0 bridgehead atoms. The first-order chi connectivity index (χ1) is 10.6. The lowest BCUT2D eigenvalue weighted by atomic mass is 9.90. The normalized spacial score (nSPS) is 10.3. The molecule has 0 radical (unpaired) electrons. The zero-order chi connectivity index (χ0) is 15.9. The fourth-order valence-electron chi connectivity index (χ4n) is 2.21. The maximum Gasteiger partial charge on any atom is 0.241 e. The first-order valence-corrected chi connectivity index (χ1v) is 7.17. The summed E-state index contributed by atoms with van der Waals surface area (Å²) in [5.74, 6) is -0.724. The van der Waals surface area contributed by atoms with Crippen molar-refractivity contribution in [1.29, 1.82) is 0 Å². The highest BCUT2D eigenvalue weighted by atomic mass is 16.2. The summed E-state index contributed by atoms with van der Waals surface area (Å²) in [6, 6.07) is 19.1. The molecule has 0 aliphatic carbocycles. The van der Waals surface area contributed by atoms with Crippen LogP contribution in [0.1, 0.15) is 17.0 Å². The van der Waals surface area contributed by atoms with Crippen LogP contribution in [0.25, 0.3) is 0 Å². The van der Waals surface area contributed by atoms with Gasteiger partial charge in [-0.1, -0.05) is 60.7 Å². The van der Waals surface area contributed by atoms with Crippen molar-refractivity contribution in [3.63, 3.8) is 0 Å². The van der Waals surface area contributed by atoms with Crippen molar-refractivity contribution in [1.82, 2.24) is 10.2 Å². The standard InChI is InChI=1S/C18H20N2O2/c1-20(2)16(21)13-19-18(22)17(14-9-5-3-6-10-14)15-11-7-4-8-12-15/h3-12,17H,13H2,1-2H3,(H,19,22). The summed E-state index contributed by atoms with van der Waals surface area (Å²) in [6.07, 6.45) is 0. The predicted octanol–water partition coefficient (Wildman–Crippen LogP) is 2.02. The lowest BCUT2D eigenvalue weighted by Crippen LogP contribution is -2.38. The van der Waals surface area contributed by atoms with Crippen LogP contribution < -0.4 is 5.32 Å². The van der Waals surface area contributed by atoms with E-state index in [1.807, 2.05) is 60.7 Å². The number of benzene rings is 2. The van der Waals surface area contributed by atoms with Crippen LogP contribution in [0.5, 0.6) is 0 Å². The molecule has 22 heavy (non-hydrogen) atoms. The molecule has 0 saturated heterocycles. The molecule has 0 aromatic heterocycles. The maximum atomic E-state index is 12.6. The number of hydrogen-bond acceptors (Lipinski definition) is 2. The average Bonchev–Trinajstić information content (AvgIpc) is 2.54. The van der Waals surface area contributed by atoms with Gasteiger partial charge >= 0.3 is 0 Å².